The molecule has 4 heterocycles. The summed E-state index contributed by atoms with van der Waals surface area (Å²) in [6.07, 6.45) is 8.01. The summed E-state index contributed by atoms with van der Waals surface area (Å²) >= 11 is 0. The highest BCUT2D eigenvalue weighted by atomic mass is 16.5. The van der Waals surface area contributed by atoms with Crippen LogP contribution in [-0.2, 0) is 4.74 Å². The van der Waals surface area contributed by atoms with Crippen LogP contribution in [0.2, 0.25) is 0 Å². The molecule has 5 heteroatoms. The molecule has 5 rings (SSSR count). The Morgan fingerprint density at radius 2 is 1.89 bits per heavy atom. The molecular weight excluding hydrogens is 338 g/mol. The normalized spacial score (nSPS) is 18.7. The Balaban J connectivity index is 1.63. The number of furan rings is 1. The molecular formula is C22H21N3O2. The maximum Gasteiger partial charge on any atom is 0.207 e. The number of aromatic nitrogens is 1. The lowest BCUT2D eigenvalue weighted by Gasteiger charge is -2.26. The van der Waals surface area contributed by atoms with Crippen LogP contribution in [-0.4, -0.2) is 37.1 Å². The van der Waals surface area contributed by atoms with Crippen molar-refractivity contribution in [3.8, 4) is 22.5 Å². The zero-order valence-electron chi connectivity index (χ0n) is 15.0. The van der Waals surface area contributed by atoms with E-state index in [1.165, 1.54) is 0 Å². The average Bonchev–Trinajstić information content (AvgIpc) is 3.37. The van der Waals surface area contributed by atoms with Gasteiger partial charge in [-0.05, 0) is 30.5 Å². The number of pyridine rings is 1. The minimum atomic E-state index is 0.251. The first kappa shape index (κ1) is 16.3. The summed E-state index contributed by atoms with van der Waals surface area (Å²) in [6, 6.07) is 14.3. The molecule has 2 aliphatic heterocycles. The molecule has 1 saturated heterocycles. The molecule has 0 unspecified atom stereocenters. The summed E-state index contributed by atoms with van der Waals surface area (Å²) < 4.78 is 12.3. The van der Waals surface area contributed by atoms with Crippen LogP contribution < -0.4 is 4.90 Å². The molecule has 0 amide bonds. The fourth-order valence-corrected chi connectivity index (χ4v) is 3.85. The topological polar surface area (TPSA) is 50.9 Å². The van der Waals surface area contributed by atoms with Crippen LogP contribution in [0, 0.1) is 0 Å². The van der Waals surface area contributed by atoms with E-state index in [9.17, 15) is 0 Å². The van der Waals surface area contributed by atoms with Crippen molar-refractivity contribution in [2.75, 3.05) is 24.7 Å². The van der Waals surface area contributed by atoms with Crippen LogP contribution >= 0.6 is 0 Å². The Morgan fingerprint density at radius 3 is 2.67 bits per heavy atom. The lowest BCUT2D eigenvalue weighted by Crippen LogP contribution is -2.34. The number of hydrogen-bond acceptors (Lipinski definition) is 5. The van der Waals surface area contributed by atoms with Gasteiger partial charge in [0.2, 0.25) is 5.88 Å². The van der Waals surface area contributed by atoms with E-state index in [0.717, 1.165) is 59.9 Å². The van der Waals surface area contributed by atoms with E-state index < -0.39 is 0 Å². The number of ether oxygens (including phenoxy) is 1. The molecule has 0 aliphatic carbocycles. The molecule has 0 spiro atoms. The van der Waals surface area contributed by atoms with Crippen LogP contribution in [0.25, 0.3) is 22.5 Å². The molecule has 2 aliphatic rings. The van der Waals surface area contributed by atoms with Crippen LogP contribution in [0.1, 0.15) is 18.4 Å². The van der Waals surface area contributed by atoms with Gasteiger partial charge in [0.15, 0.2) is 0 Å². The summed E-state index contributed by atoms with van der Waals surface area (Å²) in [5.41, 5.74) is 4.26. The maximum absolute atomic E-state index is 6.45. The second kappa shape index (κ2) is 7.00. The SMILES string of the molecule is C1=NCN(C[C@@H]2CCCO2)c2oc(-c3ccncc3)c(-c3ccccc3)c21. The number of fused-ring (bicyclic) bond motifs is 1. The first-order chi connectivity index (χ1) is 13.4. The zero-order chi connectivity index (χ0) is 18.1. The molecule has 2 aromatic heterocycles. The minimum Gasteiger partial charge on any atom is -0.439 e. The largest absolute Gasteiger partial charge is 0.439 e. The number of benzene rings is 1. The minimum absolute atomic E-state index is 0.251. The van der Waals surface area contributed by atoms with Crippen LogP contribution in [0.3, 0.4) is 0 Å². The summed E-state index contributed by atoms with van der Waals surface area (Å²) in [4.78, 5) is 10.9. The van der Waals surface area contributed by atoms with Crippen molar-refractivity contribution in [2.24, 2.45) is 4.99 Å². The number of aliphatic imine (C=N–C) groups is 1. The Hall–Kier alpha value is -2.92. The van der Waals surface area contributed by atoms with Gasteiger partial charge >= 0.3 is 0 Å². The van der Waals surface area contributed by atoms with Gasteiger partial charge < -0.3 is 14.1 Å². The highest BCUT2D eigenvalue weighted by molar-refractivity contribution is 6.02. The Morgan fingerprint density at radius 1 is 1.04 bits per heavy atom. The number of nitrogens with zero attached hydrogens (tertiary/aromatic N) is 3. The summed E-state index contributed by atoms with van der Waals surface area (Å²) in [7, 11) is 0. The predicted octanol–water partition coefficient (Wildman–Crippen LogP) is 4.38. The Kier molecular flexibility index (Phi) is 4.22. The van der Waals surface area contributed by atoms with E-state index in [1.54, 1.807) is 12.4 Å². The van der Waals surface area contributed by atoms with E-state index in [1.807, 2.05) is 24.4 Å². The molecule has 0 radical (unpaired) electrons. The second-order valence-electron chi connectivity index (χ2n) is 6.94. The van der Waals surface area contributed by atoms with Crippen molar-refractivity contribution in [1.82, 2.24) is 4.98 Å². The van der Waals surface area contributed by atoms with Crippen LogP contribution in [0.15, 0.2) is 64.3 Å². The molecule has 1 aromatic carbocycles. The van der Waals surface area contributed by atoms with Crippen LogP contribution in [0.5, 0.6) is 0 Å². The predicted molar refractivity (Wildman–Crippen MR) is 106 cm³/mol. The van der Waals surface area contributed by atoms with E-state index >= 15 is 0 Å². The Bertz CT molecular complexity index is 944. The van der Waals surface area contributed by atoms with Crippen molar-refractivity contribution in [2.45, 2.75) is 18.9 Å². The molecule has 0 N–H and O–H groups in total. The van der Waals surface area contributed by atoms with E-state index in [-0.39, 0.29) is 6.10 Å². The molecule has 27 heavy (non-hydrogen) atoms. The zero-order valence-corrected chi connectivity index (χ0v) is 15.0. The first-order valence-corrected chi connectivity index (χ1v) is 9.39. The van der Waals surface area contributed by atoms with E-state index in [4.69, 9.17) is 9.15 Å². The molecule has 0 saturated carbocycles. The first-order valence-electron chi connectivity index (χ1n) is 9.39. The quantitative estimate of drug-likeness (QED) is 0.693. The van der Waals surface area contributed by atoms with Crippen LogP contribution in [0.4, 0.5) is 5.88 Å². The van der Waals surface area contributed by atoms with E-state index in [0.29, 0.717) is 6.67 Å². The summed E-state index contributed by atoms with van der Waals surface area (Å²) in [5.74, 6) is 1.74. The third kappa shape index (κ3) is 3.04. The molecule has 3 aromatic rings. The molecule has 5 nitrogen and oxygen atoms in total. The van der Waals surface area contributed by atoms with Gasteiger partial charge in [-0.2, -0.15) is 0 Å². The van der Waals surface area contributed by atoms with Gasteiger partial charge in [0.25, 0.3) is 0 Å². The van der Waals surface area contributed by atoms with Gasteiger partial charge in [0, 0.05) is 42.9 Å². The summed E-state index contributed by atoms with van der Waals surface area (Å²) in [5, 5.41) is 0. The fourth-order valence-electron chi connectivity index (χ4n) is 3.85. The number of anilines is 1. The third-order valence-electron chi connectivity index (χ3n) is 5.14. The number of hydrogen-bond donors (Lipinski definition) is 0. The van der Waals surface area contributed by atoms with Gasteiger partial charge in [-0.25, -0.2) is 0 Å². The standard InChI is InChI=1S/C22H21N3O2/c1-2-5-16(6-3-1)20-19-13-24-15-25(14-18-7-4-12-26-18)22(19)27-21(20)17-8-10-23-11-9-17/h1-3,5-6,8-11,13,18H,4,7,12,14-15H2/t18-/m0/s1. The van der Waals surface area contributed by atoms with Crippen molar-refractivity contribution < 1.29 is 9.15 Å². The molecule has 0 bridgehead atoms. The van der Waals surface area contributed by atoms with Crippen molar-refractivity contribution in [1.29, 1.82) is 0 Å². The van der Waals surface area contributed by atoms with Gasteiger partial charge in [-0.15, -0.1) is 0 Å². The molecule has 1 fully saturated rings. The van der Waals surface area contributed by atoms with E-state index in [2.05, 4.69) is 39.1 Å². The van der Waals surface area contributed by atoms with Gasteiger partial charge in [-0.3, -0.25) is 9.98 Å². The molecule has 136 valence electrons. The van der Waals surface area contributed by atoms with Crippen molar-refractivity contribution in [3.05, 3.63) is 60.4 Å². The lowest BCUT2D eigenvalue weighted by molar-refractivity contribution is 0.115. The third-order valence-corrected chi connectivity index (χ3v) is 5.14. The maximum atomic E-state index is 6.45. The second-order valence-corrected chi connectivity index (χ2v) is 6.94. The highest BCUT2D eigenvalue weighted by Crippen LogP contribution is 2.43. The van der Waals surface area contributed by atoms with Crippen molar-refractivity contribution in [3.63, 3.8) is 0 Å². The smallest absolute Gasteiger partial charge is 0.207 e. The van der Waals surface area contributed by atoms with Crippen molar-refractivity contribution >= 4 is 12.1 Å². The van der Waals surface area contributed by atoms with Gasteiger partial charge in [0.1, 0.15) is 12.4 Å². The van der Waals surface area contributed by atoms with Gasteiger partial charge in [-0.1, -0.05) is 30.3 Å². The average molecular weight is 359 g/mol. The monoisotopic (exact) mass is 359 g/mol. The number of rotatable bonds is 4. The summed E-state index contributed by atoms with van der Waals surface area (Å²) in [6.45, 7) is 2.26. The molecule has 1 atom stereocenters. The van der Waals surface area contributed by atoms with Gasteiger partial charge in [0.05, 0.1) is 11.7 Å². The lowest BCUT2D eigenvalue weighted by atomic mass is 9.98. The Labute approximate surface area is 158 Å². The fraction of sp³-hybridized carbons (Fsp3) is 0.273. The highest BCUT2D eigenvalue weighted by Gasteiger charge is 2.29.